The van der Waals surface area contributed by atoms with E-state index in [1.807, 2.05) is 0 Å². The molecular formula is C16H14Cl2FN3O. The molecule has 0 unspecified atom stereocenters. The number of halogens is 3. The summed E-state index contributed by atoms with van der Waals surface area (Å²) in [7, 11) is 0. The molecule has 2 aromatic rings. The van der Waals surface area contributed by atoms with E-state index in [2.05, 4.69) is 9.97 Å². The van der Waals surface area contributed by atoms with Gasteiger partial charge in [0.2, 0.25) is 11.9 Å². The average molecular weight is 354 g/mol. The molecule has 4 nitrogen and oxygen atoms in total. The van der Waals surface area contributed by atoms with Gasteiger partial charge < -0.3 is 0 Å². The lowest BCUT2D eigenvalue weighted by Crippen LogP contribution is -2.33. The number of aromatic nitrogens is 2. The zero-order valence-electron chi connectivity index (χ0n) is 12.2. The zero-order valence-corrected chi connectivity index (χ0v) is 13.7. The summed E-state index contributed by atoms with van der Waals surface area (Å²) in [6.45, 7) is -0.0597. The Morgan fingerprint density at radius 2 is 2.17 bits per heavy atom. The molecule has 0 saturated carbocycles. The molecular weight excluding hydrogens is 340 g/mol. The van der Waals surface area contributed by atoms with Crippen molar-refractivity contribution in [1.82, 2.24) is 9.97 Å². The summed E-state index contributed by atoms with van der Waals surface area (Å²) in [5, 5.41) is 0.249. The molecule has 3 rings (SSSR count). The molecule has 1 amide bonds. The third-order valence-electron chi connectivity index (χ3n) is 3.84. The van der Waals surface area contributed by atoms with Gasteiger partial charge in [0.1, 0.15) is 11.7 Å². The van der Waals surface area contributed by atoms with Crippen molar-refractivity contribution >= 4 is 35.1 Å². The zero-order chi connectivity index (χ0) is 16.4. The van der Waals surface area contributed by atoms with Crippen molar-refractivity contribution in [2.75, 3.05) is 10.8 Å². The quantitative estimate of drug-likeness (QED) is 0.790. The van der Waals surface area contributed by atoms with Crippen LogP contribution in [0, 0.1) is 5.82 Å². The number of anilines is 1. The number of benzene rings is 1. The number of amides is 1. The summed E-state index contributed by atoms with van der Waals surface area (Å²) in [6, 6.07) is 4.39. The highest BCUT2D eigenvalue weighted by Gasteiger charge is 2.23. The Morgan fingerprint density at radius 3 is 2.91 bits per heavy atom. The number of fused-ring (bicyclic) bond motifs is 1. The van der Waals surface area contributed by atoms with Gasteiger partial charge in [0, 0.05) is 22.5 Å². The highest BCUT2D eigenvalue weighted by Crippen LogP contribution is 2.25. The van der Waals surface area contributed by atoms with E-state index in [0.29, 0.717) is 0 Å². The van der Waals surface area contributed by atoms with Crippen molar-refractivity contribution < 1.29 is 9.18 Å². The van der Waals surface area contributed by atoms with Gasteiger partial charge in [0.05, 0.1) is 6.54 Å². The number of rotatable bonds is 4. The lowest BCUT2D eigenvalue weighted by atomic mass is 10.2. The summed E-state index contributed by atoms with van der Waals surface area (Å²) in [6.07, 6.45) is 4.55. The predicted octanol–water partition coefficient (Wildman–Crippen LogP) is 3.53. The first-order valence-corrected chi connectivity index (χ1v) is 8.15. The van der Waals surface area contributed by atoms with Crippen LogP contribution in [0.2, 0.25) is 5.02 Å². The Hall–Kier alpha value is -1.72. The lowest BCUT2D eigenvalue weighted by molar-refractivity contribution is -0.116. The van der Waals surface area contributed by atoms with Crippen LogP contribution >= 0.6 is 23.2 Å². The van der Waals surface area contributed by atoms with Crippen LogP contribution < -0.4 is 4.90 Å². The van der Waals surface area contributed by atoms with Crippen LogP contribution in [0.4, 0.5) is 10.3 Å². The van der Waals surface area contributed by atoms with Crippen LogP contribution in [-0.2, 0) is 24.2 Å². The molecule has 0 atom stereocenters. The SMILES string of the molecule is O=C(CCl)N(Cc1c(F)cccc1Cl)c1ncc2c(n1)CCC2. The van der Waals surface area contributed by atoms with Gasteiger partial charge in [-0.25, -0.2) is 14.4 Å². The van der Waals surface area contributed by atoms with Crippen molar-refractivity contribution in [3.8, 4) is 0 Å². The van der Waals surface area contributed by atoms with Crippen molar-refractivity contribution in [2.24, 2.45) is 0 Å². The van der Waals surface area contributed by atoms with Crippen LogP contribution in [0.1, 0.15) is 23.2 Å². The smallest absolute Gasteiger partial charge is 0.244 e. The fraction of sp³-hybridized carbons (Fsp3) is 0.312. The summed E-state index contributed by atoms with van der Waals surface area (Å²) < 4.78 is 14.0. The van der Waals surface area contributed by atoms with Gasteiger partial charge >= 0.3 is 0 Å². The predicted molar refractivity (Wildman–Crippen MR) is 87.4 cm³/mol. The van der Waals surface area contributed by atoms with E-state index in [0.717, 1.165) is 30.5 Å². The molecule has 1 aromatic heterocycles. The van der Waals surface area contributed by atoms with Gasteiger partial charge in [0.15, 0.2) is 0 Å². The highest BCUT2D eigenvalue weighted by molar-refractivity contribution is 6.31. The first kappa shape index (κ1) is 16.1. The molecule has 0 radical (unpaired) electrons. The van der Waals surface area contributed by atoms with Crippen molar-refractivity contribution in [3.63, 3.8) is 0 Å². The monoisotopic (exact) mass is 353 g/mol. The molecule has 0 aliphatic heterocycles. The average Bonchev–Trinajstić information content (AvgIpc) is 3.01. The maximum absolute atomic E-state index is 14.0. The van der Waals surface area contributed by atoms with Gasteiger partial charge in [-0.2, -0.15) is 0 Å². The van der Waals surface area contributed by atoms with Crippen LogP contribution in [0.25, 0.3) is 0 Å². The van der Waals surface area contributed by atoms with Crippen LogP contribution in [0.3, 0.4) is 0 Å². The molecule has 23 heavy (non-hydrogen) atoms. The van der Waals surface area contributed by atoms with Crippen LogP contribution in [0.5, 0.6) is 0 Å². The van der Waals surface area contributed by atoms with E-state index < -0.39 is 11.7 Å². The molecule has 0 saturated heterocycles. The Kier molecular flexibility index (Phi) is 4.78. The van der Waals surface area contributed by atoms with Crippen LogP contribution in [-0.4, -0.2) is 21.8 Å². The third kappa shape index (κ3) is 3.31. The van der Waals surface area contributed by atoms with E-state index in [1.165, 1.54) is 17.0 Å². The summed E-state index contributed by atoms with van der Waals surface area (Å²) in [5.41, 5.74) is 2.25. The molecule has 1 aliphatic rings. The van der Waals surface area contributed by atoms with Gasteiger partial charge in [0.25, 0.3) is 0 Å². The normalized spacial score (nSPS) is 13.0. The Morgan fingerprint density at radius 1 is 1.35 bits per heavy atom. The minimum atomic E-state index is -0.481. The second kappa shape index (κ2) is 6.81. The number of carbonyl (C=O) groups excluding carboxylic acids is 1. The Labute approximate surface area is 143 Å². The van der Waals surface area contributed by atoms with E-state index in [-0.39, 0.29) is 29.0 Å². The van der Waals surface area contributed by atoms with Gasteiger partial charge in [-0.1, -0.05) is 17.7 Å². The standard InChI is InChI=1S/C16H14Cl2FN3O/c17-7-15(23)22(9-11-12(18)4-2-5-13(11)19)16-20-8-10-3-1-6-14(10)21-16/h2,4-5,8H,1,3,6-7,9H2. The number of aryl methyl sites for hydroxylation is 2. The molecule has 0 N–H and O–H groups in total. The number of hydrogen-bond acceptors (Lipinski definition) is 3. The molecule has 1 aliphatic carbocycles. The van der Waals surface area contributed by atoms with Crippen molar-refractivity contribution in [1.29, 1.82) is 0 Å². The molecule has 7 heteroatoms. The second-order valence-electron chi connectivity index (χ2n) is 5.31. The molecule has 0 fully saturated rings. The number of hydrogen-bond donors (Lipinski definition) is 0. The summed E-state index contributed by atoms with van der Waals surface area (Å²) in [4.78, 5) is 22.2. The minimum absolute atomic E-state index is 0.0597. The molecule has 1 aromatic carbocycles. The Balaban J connectivity index is 1.97. The van der Waals surface area contributed by atoms with Crippen molar-refractivity contribution in [2.45, 2.75) is 25.8 Å². The number of carbonyl (C=O) groups is 1. The molecule has 120 valence electrons. The minimum Gasteiger partial charge on any atom is -0.275 e. The fourth-order valence-electron chi connectivity index (χ4n) is 2.62. The largest absolute Gasteiger partial charge is 0.275 e. The van der Waals surface area contributed by atoms with Crippen molar-refractivity contribution in [3.05, 3.63) is 52.1 Å². The maximum Gasteiger partial charge on any atom is 0.244 e. The number of nitrogens with zero attached hydrogens (tertiary/aromatic N) is 3. The van der Waals surface area contributed by atoms with E-state index >= 15 is 0 Å². The first-order chi connectivity index (χ1) is 11.1. The Bertz CT molecular complexity index is 734. The fourth-order valence-corrected chi connectivity index (χ4v) is 2.98. The van der Waals surface area contributed by atoms with Gasteiger partial charge in [-0.05, 0) is 37.0 Å². The van der Waals surface area contributed by atoms with Gasteiger partial charge in [-0.15, -0.1) is 11.6 Å². The lowest BCUT2D eigenvalue weighted by Gasteiger charge is -2.21. The molecule has 0 bridgehead atoms. The topological polar surface area (TPSA) is 46.1 Å². The maximum atomic E-state index is 14.0. The molecule has 1 heterocycles. The van der Waals surface area contributed by atoms with Gasteiger partial charge in [-0.3, -0.25) is 9.69 Å². The highest BCUT2D eigenvalue weighted by atomic mass is 35.5. The molecule has 0 spiro atoms. The first-order valence-electron chi connectivity index (χ1n) is 7.24. The van der Waals surface area contributed by atoms with E-state index in [4.69, 9.17) is 23.2 Å². The summed E-state index contributed by atoms with van der Waals surface area (Å²) in [5.74, 6) is -0.891. The van der Waals surface area contributed by atoms with Crippen LogP contribution in [0.15, 0.2) is 24.4 Å². The second-order valence-corrected chi connectivity index (χ2v) is 5.98. The van der Waals surface area contributed by atoms with E-state index in [1.54, 1.807) is 12.3 Å². The van der Waals surface area contributed by atoms with E-state index in [9.17, 15) is 9.18 Å². The summed E-state index contributed by atoms with van der Waals surface area (Å²) >= 11 is 11.7. The number of alkyl halides is 1. The third-order valence-corrected chi connectivity index (χ3v) is 4.42.